The fraction of sp³-hybridized carbons (Fsp3) is 0.400. The van der Waals surface area contributed by atoms with Gasteiger partial charge in [0.05, 0.1) is 18.2 Å². The Kier molecular flexibility index (Phi) is 3.60. The van der Waals surface area contributed by atoms with Crippen molar-refractivity contribution in [2.75, 3.05) is 13.2 Å². The number of aliphatic hydroxyl groups is 1. The summed E-state index contributed by atoms with van der Waals surface area (Å²) in [7, 11) is 0. The third kappa shape index (κ3) is 2.36. The van der Waals surface area contributed by atoms with Crippen LogP contribution in [0.15, 0.2) is 30.7 Å². The fourth-order valence-corrected chi connectivity index (χ4v) is 2.39. The lowest BCUT2D eigenvalue weighted by atomic mass is 10.1. The number of rotatable bonds is 4. The Morgan fingerprint density at radius 1 is 1.30 bits per heavy atom. The molecule has 0 saturated heterocycles. The number of aliphatic hydroxyl groups excluding tert-OH is 1. The summed E-state index contributed by atoms with van der Waals surface area (Å²) in [5.41, 5.74) is 1.58. The molecule has 106 valence electrons. The third-order valence-electron chi connectivity index (χ3n) is 3.37. The largest absolute Gasteiger partial charge is 0.486 e. The molecule has 20 heavy (non-hydrogen) atoms. The summed E-state index contributed by atoms with van der Waals surface area (Å²) in [5, 5.41) is 10.5. The highest BCUT2D eigenvalue weighted by molar-refractivity contribution is 5.45. The zero-order valence-electron chi connectivity index (χ0n) is 11.5. The summed E-state index contributed by atoms with van der Waals surface area (Å²) in [5.74, 6) is 1.42. The maximum Gasteiger partial charge on any atom is 0.161 e. The van der Waals surface area contributed by atoms with Crippen LogP contribution in [0.4, 0.5) is 0 Å². The summed E-state index contributed by atoms with van der Waals surface area (Å²) < 4.78 is 13.0. The Labute approximate surface area is 117 Å². The molecule has 0 spiro atoms. The number of fused-ring (bicyclic) bond motifs is 1. The van der Waals surface area contributed by atoms with Crippen LogP contribution >= 0.6 is 0 Å². The van der Waals surface area contributed by atoms with E-state index in [0.29, 0.717) is 19.0 Å². The normalized spacial score (nSPS) is 15.1. The third-order valence-corrected chi connectivity index (χ3v) is 3.37. The van der Waals surface area contributed by atoms with Crippen LogP contribution in [-0.4, -0.2) is 27.9 Å². The van der Waals surface area contributed by atoms with Gasteiger partial charge in [-0.15, -0.1) is 0 Å². The Balaban J connectivity index is 1.90. The van der Waals surface area contributed by atoms with Gasteiger partial charge in [-0.25, -0.2) is 4.98 Å². The highest BCUT2D eigenvalue weighted by Crippen LogP contribution is 2.34. The summed E-state index contributed by atoms with van der Waals surface area (Å²) in [4.78, 5) is 4.12. The summed E-state index contributed by atoms with van der Waals surface area (Å²) in [6.45, 7) is 4.05. The molecule has 2 heterocycles. The van der Waals surface area contributed by atoms with Crippen LogP contribution in [-0.2, 0) is 6.54 Å². The molecule has 1 aromatic carbocycles. The summed E-state index contributed by atoms with van der Waals surface area (Å²) in [6, 6.07) is 5.54. The SMILES string of the molecule is CCCn1cncc1C(O)c1ccc2c(c1)OCCO2. The minimum atomic E-state index is -0.708. The summed E-state index contributed by atoms with van der Waals surface area (Å²) in [6.07, 6.45) is 3.74. The minimum Gasteiger partial charge on any atom is -0.486 e. The summed E-state index contributed by atoms with van der Waals surface area (Å²) >= 11 is 0. The van der Waals surface area contributed by atoms with Crippen molar-refractivity contribution in [1.29, 1.82) is 0 Å². The first kappa shape index (κ1) is 13.0. The lowest BCUT2D eigenvalue weighted by molar-refractivity contribution is 0.169. The maximum absolute atomic E-state index is 10.5. The first-order chi connectivity index (χ1) is 9.79. The van der Waals surface area contributed by atoms with Crippen molar-refractivity contribution in [3.8, 4) is 11.5 Å². The Bertz CT molecular complexity index is 595. The van der Waals surface area contributed by atoms with Crippen LogP contribution in [0.25, 0.3) is 0 Å². The molecule has 0 radical (unpaired) electrons. The van der Waals surface area contributed by atoms with Crippen LogP contribution < -0.4 is 9.47 Å². The Hall–Kier alpha value is -2.01. The molecule has 1 unspecified atom stereocenters. The highest BCUT2D eigenvalue weighted by Gasteiger charge is 2.19. The van der Waals surface area contributed by atoms with Crippen LogP contribution in [0, 0.1) is 0 Å². The van der Waals surface area contributed by atoms with E-state index in [-0.39, 0.29) is 0 Å². The van der Waals surface area contributed by atoms with E-state index >= 15 is 0 Å². The van der Waals surface area contributed by atoms with Crippen LogP contribution in [0.3, 0.4) is 0 Å². The van der Waals surface area contributed by atoms with Crippen molar-refractivity contribution in [1.82, 2.24) is 9.55 Å². The molecule has 5 nitrogen and oxygen atoms in total. The molecule has 0 bridgehead atoms. The van der Waals surface area contributed by atoms with E-state index in [0.717, 1.165) is 30.0 Å². The van der Waals surface area contributed by atoms with Gasteiger partial charge in [-0.1, -0.05) is 13.0 Å². The molecule has 0 amide bonds. The van der Waals surface area contributed by atoms with Crippen LogP contribution in [0.1, 0.15) is 30.7 Å². The Morgan fingerprint density at radius 3 is 2.90 bits per heavy atom. The molecule has 1 aromatic heterocycles. The maximum atomic E-state index is 10.5. The van der Waals surface area contributed by atoms with Crippen molar-refractivity contribution in [2.24, 2.45) is 0 Å². The van der Waals surface area contributed by atoms with Crippen molar-refractivity contribution >= 4 is 0 Å². The first-order valence-corrected chi connectivity index (χ1v) is 6.87. The second-order valence-corrected chi connectivity index (χ2v) is 4.82. The molecule has 0 saturated carbocycles. The van der Waals surface area contributed by atoms with E-state index in [9.17, 15) is 5.11 Å². The average molecular weight is 274 g/mol. The van der Waals surface area contributed by atoms with Gasteiger partial charge in [0.25, 0.3) is 0 Å². The first-order valence-electron chi connectivity index (χ1n) is 6.87. The minimum absolute atomic E-state index is 0.542. The van der Waals surface area contributed by atoms with E-state index in [1.807, 2.05) is 22.8 Å². The van der Waals surface area contributed by atoms with E-state index in [1.165, 1.54) is 0 Å². The smallest absolute Gasteiger partial charge is 0.161 e. The number of nitrogens with zero attached hydrogens (tertiary/aromatic N) is 2. The lowest BCUT2D eigenvalue weighted by Gasteiger charge is -2.20. The number of hydrogen-bond acceptors (Lipinski definition) is 4. The zero-order valence-corrected chi connectivity index (χ0v) is 11.5. The Morgan fingerprint density at radius 2 is 2.10 bits per heavy atom. The molecule has 1 atom stereocenters. The molecule has 0 aliphatic carbocycles. The molecule has 3 rings (SSSR count). The fourth-order valence-electron chi connectivity index (χ4n) is 2.39. The molecule has 1 aliphatic heterocycles. The number of imidazole rings is 1. The predicted octanol–water partition coefficient (Wildman–Crippen LogP) is 2.15. The highest BCUT2D eigenvalue weighted by atomic mass is 16.6. The van der Waals surface area contributed by atoms with Crippen molar-refractivity contribution in [3.05, 3.63) is 42.0 Å². The van der Waals surface area contributed by atoms with Crippen LogP contribution in [0.2, 0.25) is 0 Å². The monoisotopic (exact) mass is 274 g/mol. The molecule has 5 heteroatoms. The van der Waals surface area contributed by atoms with Gasteiger partial charge in [0.2, 0.25) is 0 Å². The number of ether oxygens (including phenoxy) is 2. The van der Waals surface area contributed by atoms with Crippen molar-refractivity contribution < 1.29 is 14.6 Å². The number of aromatic nitrogens is 2. The van der Waals surface area contributed by atoms with Crippen molar-refractivity contribution in [2.45, 2.75) is 26.0 Å². The molecule has 1 N–H and O–H groups in total. The molecular formula is C15H18N2O3. The number of benzene rings is 1. The van der Waals surface area contributed by atoms with Gasteiger partial charge in [0, 0.05) is 6.54 Å². The molecule has 2 aromatic rings. The second-order valence-electron chi connectivity index (χ2n) is 4.82. The van der Waals surface area contributed by atoms with Gasteiger partial charge in [-0.3, -0.25) is 0 Å². The van der Waals surface area contributed by atoms with Crippen molar-refractivity contribution in [3.63, 3.8) is 0 Å². The second kappa shape index (κ2) is 5.54. The predicted molar refractivity (Wildman–Crippen MR) is 74.0 cm³/mol. The quantitative estimate of drug-likeness (QED) is 0.928. The van der Waals surface area contributed by atoms with Gasteiger partial charge in [-0.2, -0.15) is 0 Å². The lowest BCUT2D eigenvalue weighted by Crippen LogP contribution is -2.16. The molecule has 0 fully saturated rings. The topological polar surface area (TPSA) is 56.5 Å². The average Bonchev–Trinajstić information content (AvgIpc) is 2.94. The van der Waals surface area contributed by atoms with E-state index < -0.39 is 6.10 Å². The molecular weight excluding hydrogens is 256 g/mol. The molecule has 1 aliphatic rings. The number of aryl methyl sites for hydroxylation is 1. The standard InChI is InChI=1S/C15H18N2O3/c1-2-5-17-10-16-9-12(17)15(18)11-3-4-13-14(8-11)20-7-6-19-13/h3-4,8-10,15,18H,2,5-7H2,1H3. The number of hydrogen-bond donors (Lipinski definition) is 1. The van der Waals surface area contributed by atoms with Gasteiger partial charge in [0.1, 0.15) is 19.3 Å². The van der Waals surface area contributed by atoms with E-state index in [2.05, 4.69) is 11.9 Å². The van der Waals surface area contributed by atoms with Gasteiger partial charge >= 0.3 is 0 Å². The van der Waals surface area contributed by atoms with Gasteiger partial charge in [0.15, 0.2) is 11.5 Å². The van der Waals surface area contributed by atoms with Gasteiger partial charge < -0.3 is 19.1 Å². The van der Waals surface area contributed by atoms with E-state index in [4.69, 9.17) is 9.47 Å². The van der Waals surface area contributed by atoms with E-state index in [1.54, 1.807) is 12.5 Å². The van der Waals surface area contributed by atoms with Gasteiger partial charge in [-0.05, 0) is 24.1 Å². The zero-order chi connectivity index (χ0) is 13.9. The van der Waals surface area contributed by atoms with Crippen LogP contribution in [0.5, 0.6) is 11.5 Å².